The average molecular weight is 237 g/mol. The fourth-order valence-corrected chi connectivity index (χ4v) is 1.58. The Balaban J connectivity index is 2.59. The summed E-state index contributed by atoms with van der Waals surface area (Å²) in [7, 11) is 0. The van der Waals surface area contributed by atoms with Crippen LogP contribution in [0.25, 0.3) is 10.6 Å². The molecule has 0 amide bonds. The predicted octanol–water partition coefficient (Wildman–Crippen LogP) is 2.59. The number of allylic oxidation sites excluding steroid dienone is 7. The first-order valence-electron chi connectivity index (χ1n) is 5.00. The summed E-state index contributed by atoms with van der Waals surface area (Å²) in [6.45, 7) is 0. The highest BCUT2D eigenvalue weighted by Gasteiger charge is 2.15. The van der Waals surface area contributed by atoms with Gasteiger partial charge in [0.25, 0.3) is 5.39 Å². The molecular formula is C11H7N7. The summed E-state index contributed by atoms with van der Waals surface area (Å²) in [4.78, 5) is 3.90. The fourth-order valence-electron chi connectivity index (χ4n) is 1.58. The van der Waals surface area contributed by atoms with Crippen LogP contribution in [0.15, 0.2) is 68.1 Å². The molecule has 7 nitrogen and oxygen atoms in total. The molecule has 2 aliphatic rings. The summed E-state index contributed by atoms with van der Waals surface area (Å²) in [5.41, 5.74) is 10.7. The minimum absolute atomic E-state index is 0.389. The van der Waals surface area contributed by atoms with Crippen LogP contribution in [0.3, 0.4) is 0 Å². The van der Waals surface area contributed by atoms with E-state index in [0.717, 1.165) is 0 Å². The van der Waals surface area contributed by atoms with E-state index < -0.39 is 0 Å². The van der Waals surface area contributed by atoms with E-state index in [1.807, 2.05) is 6.08 Å². The van der Waals surface area contributed by atoms with Crippen LogP contribution < -0.4 is 0 Å². The van der Waals surface area contributed by atoms with Gasteiger partial charge in [-0.3, -0.25) is 10.2 Å². The minimum atomic E-state index is 0.389. The minimum Gasteiger partial charge on any atom is -0.362 e. The molecule has 0 aromatic rings. The Morgan fingerprint density at radius 3 is 2.67 bits per heavy atom. The van der Waals surface area contributed by atoms with Gasteiger partial charge in [-0.15, -0.1) is 0 Å². The monoisotopic (exact) mass is 237 g/mol. The highest BCUT2D eigenvalue weighted by molar-refractivity contribution is 6.41. The summed E-state index contributed by atoms with van der Waals surface area (Å²) in [6.07, 6.45) is 11.8. The van der Waals surface area contributed by atoms with Crippen LogP contribution in [0.4, 0.5) is 0 Å². The number of hydrogen-bond acceptors (Lipinski definition) is 4. The Hall–Kier alpha value is -3.01. The highest BCUT2D eigenvalue weighted by atomic mass is 15.3. The third kappa shape index (κ3) is 2.22. The molecular weight excluding hydrogens is 230 g/mol. The molecule has 0 aromatic heterocycles. The molecule has 0 spiro atoms. The van der Waals surface area contributed by atoms with Crippen LogP contribution in [0, 0.1) is 5.39 Å². The van der Waals surface area contributed by atoms with Gasteiger partial charge in [-0.1, -0.05) is 18.2 Å². The Labute approximate surface area is 102 Å². The van der Waals surface area contributed by atoms with Crippen LogP contribution in [-0.4, -0.2) is 17.6 Å². The zero-order valence-corrected chi connectivity index (χ0v) is 9.17. The summed E-state index contributed by atoms with van der Waals surface area (Å²) >= 11 is 0. The smallest absolute Gasteiger partial charge is 0.339 e. The van der Waals surface area contributed by atoms with E-state index in [1.165, 1.54) is 6.21 Å². The SMILES string of the molecule is N#[N+]N=C1C=CC=CC1=C1C=CN=CC1=NN=[N-]. The third-order valence-electron chi connectivity index (χ3n) is 2.30. The molecule has 1 aliphatic heterocycles. The molecule has 0 fully saturated rings. The van der Waals surface area contributed by atoms with Crippen molar-refractivity contribution in [2.75, 3.05) is 0 Å². The maximum Gasteiger partial charge on any atom is 0.339 e. The number of diazo groups is 1. The molecule has 0 saturated carbocycles. The van der Waals surface area contributed by atoms with Crippen LogP contribution in [0.5, 0.6) is 0 Å². The first kappa shape index (κ1) is 11.5. The molecule has 18 heavy (non-hydrogen) atoms. The van der Waals surface area contributed by atoms with Gasteiger partial charge in [0, 0.05) is 23.7 Å². The quantitative estimate of drug-likeness (QED) is 0.390. The third-order valence-corrected chi connectivity index (χ3v) is 2.30. The van der Waals surface area contributed by atoms with Crippen LogP contribution >= 0.6 is 0 Å². The van der Waals surface area contributed by atoms with Gasteiger partial charge >= 0.3 is 5.08 Å². The molecule has 0 atom stereocenters. The van der Waals surface area contributed by atoms with Gasteiger partial charge in [0.2, 0.25) is 0 Å². The molecule has 2 rings (SSSR count). The first-order chi connectivity index (χ1) is 8.86. The van der Waals surface area contributed by atoms with E-state index in [4.69, 9.17) is 10.9 Å². The second-order valence-corrected chi connectivity index (χ2v) is 3.29. The summed E-state index contributed by atoms with van der Waals surface area (Å²) < 4.78 is 0. The highest BCUT2D eigenvalue weighted by Crippen LogP contribution is 2.18. The zero-order chi connectivity index (χ0) is 12.8. The van der Waals surface area contributed by atoms with E-state index in [1.54, 1.807) is 30.5 Å². The zero-order valence-electron chi connectivity index (χ0n) is 9.17. The van der Waals surface area contributed by atoms with E-state index in [2.05, 4.69) is 25.5 Å². The van der Waals surface area contributed by atoms with Crippen molar-refractivity contribution in [1.29, 1.82) is 5.39 Å². The molecule has 7 heteroatoms. The van der Waals surface area contributed by atoms with Crippen LogP contribution in [-0.2, 0) is 0 Å². The molecule has 0 unspecified atom stereocenters. The molecule has 86 valence electrons. The second kappa shape index (κ2) is 5.36. The van der Waals surface area contributed by atoms with Gasteiger partial charge in [-0.2, -0.15) is 0 Å². The summed E-state index contributed by atoms with van der Waals surface area (Å²) in [5.74, 6) is 0. The Morgan fingerprint density at radius 2 is 1.89 bits per heavy atom. The van der Waals surface area contributed by atoms with Crippen molar-refractivity contribution >= 4 is 17.6 Å². The van der Waals surface area contributed by atoms with E-state index >= 15 is 0 Å². The van der Waals surface area contributed by atoms with Gasteiger partial charge in [0.15, 0.2) is 10.8 Å². The van der Waals surface area contributed by atoms with Crippen LogP contribution in [0.2, 0.25) is 0 Å². The maximum atomic E-state index is 8.53. The predicted molar refractivity (Wildman–Crippen MR) is 68.7 cm³/mol. The number of hydrogen-bond donors (Lipinski definition) is 0. The molecule has 0 N–H and O–H groups in total. The molecule has 0 saturated heterocycles. The van der Waals surface area contributed by atoms with Crippen molar-refractivity contribution in [3.8, 4) is 0 Å². The summed E-state index contributed by atoms with van der Waals surface area (Å²) in [5, 5.41) is 21.2. The second-order valence-electron chi connectivity index (χ2n) is 3.29. The van der Waals surface area contributed by atoms with Gasteiger partial charge in [-0.25, -0.2) is 0 Å². The lowest BCUT2D eigenvalue weighted by atomic mass is 9.95. The van der Waals surface area contributed by atoms with E-state index in [0.29, 0.717) is 22.6 Å². The lowest BCUT2D eigenvalue weighted by molar-refractivity contribution is 1.22. The van der Waals surface area contributed by atoms with Crippen molar-refractivity contribution in [3.63, 3.8) is 0 Å². The molecule has 0 bridgehead atoms. The van der Waals surface area contributed by atoms with Crippen molar-refractivity contribution in [2.45, 2.75) is 0 Å². The molecule has 0 radical (unpaired) electrons. The topological polar surface area (TPSA) is 99.9 Å². The van der Waals surface area contributed by atoms with Crippen molar-refractivity contribution in [1.82, 2.24) is 0 Å². The van der Waals surface area contributed by atoms with Gasteiger partial charge in [0.1, 0.15) is 0 Å². The Bertz CT molecular complexity index is 620. The fraction of sp³-hybridized carbons (Fsp3) is 0. The Morgan fingerprint density at radius 1 is 1.11 bits per heavy atom. The van der Waals surface area contributed by atoms with E-state index in [-0.39, 0.29) is 0 Å². The van der Waals surface area contributed by atoms with Gasteiger partial charge in [0.05, 0.1) is 0 Å². The normalized spacial score (nSPS) is 25.7. The van der Waals surface area contributed by atoms with Gasteiger partial charge in [-0.05, 0) is 17.7 Å². The van der Waals surface area contributed by atoms with Crippen molar-refractivity contribution in [3.05, 3.63) is 58.3 Å². The van der Waals surface area contributed by atoms with Crippen molar-refractivity contribution < 1.29 is 0 Å². The largest absolute Gasteiger partial charge is 0.362 e. The molecule has 1 aliphatic carbocycles. The molecule has 0 aromatic carbocycles. The van der Waals surface area contributed by atoms with Crippen LogP contribution in [0.1, 0.15) is 0 Å². The summed E-state index contributed by atoms with van der Waals surface area (Å²) in [6, 6.07) is 0. The first-order valence-corrected chi connectivity index (χ1v) is 5.00. The standard InChI is InChI=1S/C11H7N7/c12-17-15-10-4-2-1-3-8(10)9-5-6-14-7-11(9)16-18-13/h1-7H. The van der Waals surface area contributed by atoms with E-state index in [9.17, 15) is 0 Å². The lowest BCUT2D eigenvalue weighted by Gasteiger charge is -2.13. The Kier molecular flexibility index (Phi) is 3.42. The lowest BCUT2D eigenvalue weighted by Crippen LogP contribution is -2.12. The maximum absolute atomic E-state index is 8.53. The average Bonchev–Trinajstić information content (AvgIpc) is 2.41. The number of aliphatic imine (C=N–C) groups is 1. The number of nitrogens with zero attached hydrogens (tertiary/aromatic N) is 7. The van der Waals surface area contributed by atoms with Gasteiger partial charge < -0.3 is 10.6 Å². The molecule has 1 heterocycles. The van der Waals surface area contributed by atoms with Crippen molar-refractivity contribution in [2.24, 2.45) is 20.4 Å². The number of rotatable bonds is 1.